The molecule has 2 heterocycles. The van der Waals surface area contributed by atoms with Gasteiger partial charge in [0, 0.05) is 12.0 Å². The molecular formula is C11H12N6O2. The minimum absolute atomic E-state index is 0.139. The predicted octanol–water partition coefficient (Wildman–Crippen LogP) is -0.123. The van der Waals surface area contributed by atoms with Crippen LogP contribution in [0.3, 0.4) is 0 Å². The largest absolute Gasteiger partial charge is 0.293 e. The summed E-state index contributed by atoms with van der Waals surface area (Å²) in [5, 5.41) is 12.8. The van der Waals surface area contributed by atoms with E-state index in [0.29, 0.717) is 5.92 Å². The lowest BCUT2D eigenvalue weighted by molar-refractivity contribution is -0.117. The normalized spacial score (nSPS) is 14.3. The summed E-state index contributed by atoms with van der Waals surface area (Å²) < 4.78 is 1.17. The Labute approximate surface area is 107 Å². The molecule has 0 aromatic carbocycles. The summed E-state index contributed by atoms with van der Waals surface area (Å²) in [5.74, 6) is 0.305. The monoisotopic (exact) mass is 260 g/mol. The number of carbonyl (C=O) groups excluding carboxylic acids is 1. The fourth-order valence-corrected chi connectivity index (χ4v) is 1.75. The Morgan fingerprint density at radius 3 is 3.00 bits per heavy atom. The molecular weight excluding hydrogens is 248 g/mol. The molecule has 1 aliphatic carbocycles. The van der Waals surface area contributed by atoms with Crippen molar-refractivity contribution in [2.24, 2.45) is 0 Å². The fraction of sp³-hybridized carbons (Fsp3) is 0.364. The van der Waals surface area contributed by atoms with E-state index in [0.717, 1.165) is 18.5 Å². The highest BCUT2D eigenvalue weighted by molar-refractivity contribution is 5.88. The maximum Gasteiger partial charge on any atom is 0.267 e. The lowest BCUT2D eigenvalue weighted by atomic mass is 10.3. The summed E-state index contributed by atoms with van der Waals surface area (Å²) in [6, 6.07) is 3.17. The van der Waals surface area contributed by atoms with Crippen LogP contribution in [0.15, 0.2) is 23.3 Å². The molecule has 1 fully saturated rings. The number of carbonyl (C=O) groups is 1. The topological polar surface area (TPSA) is 106 Å². The van der Waals surface area contributed by atoms with Crippen LogP contribution in [0.25, 0.3) is 0 Å². The van der Waals surface area contributed by atoms with E-state index in [1.54, 1.807) is 6.07 Å². The van der Waals surface area contributed by atoms with E-state index < -0.39 is 0 Å². The van der Waals surface area contributed by atoms with E-state index in [1.165, 1.54) is 17.1 Å². The summed E-state index contributed by atoms with van der Waals surface area (Å²) in [6.07, 6.45) is 3.47. The van der Waals surface area contributed by atoms with Gasteiger partial charge in [0.1, 0.15) is 12.9 Å². The molecule has 1 saturated carbocycles. The van der Waals surface area contributed by atoms with Crippen molar-refractivity contribution in [3.05, 3.63) is 34.5 Å². The molecule has 0 unspecified atom stereocenters. The van der Waals surface area contributed by atoms with Gasteiger partial charge in [-0.05, 0) is 18.9 Å². The van der Waals surface area contributed by atoms with Gasteiger partial charge in [0.05, 0.1) is 5.69 Å². The van der Waals surface area contributed by atoms with E-state index in [2.05, 4.69) is 25.6 Å². The Kier molecular flexibility index (Phi) is 2.82. The first-order chi connectivity index (χ1) is 9.22. The fourth-order valence-electron chi connectivity index (χ4n) is 1.75. The maximum absolute atomic E-state index is 11.7. The van der Waals surface area contributed by atoms with Crippen LogP contribution < -0.4 is 10.9 Å². The molecule has 2 aromatic heterocycles. The van der Waals surface area contributed by atoms with Crippen LogP contribution in [0.4, 0.5) is 5.95 Å². The lowest BCUT2D eigenvalue weighted by Gasteiger charge is -2.05. The molecule has 8 nitrogen and oxygen atoms in total. The second-order valence-electron chi connectivity index (χ2n) is 4.41. The van der Waals surface area contributed by atoms with E-state index in [-0.39, 0.29) is 24.0 Å². The second-order valence-corrected chi connectivity index (χ2v) is 4.41. The molecule has 98 valence electrons. The first-order valence-electron chi connectivity index (χ1n) is 5.95. The molecule has 0 bridgehead atoms. The summed E-state index contributed by atoms with van der Waals surface area (Å²) >= 11 is 0. The number of aromatic nitrogens is 5. The second kappa shape index (κ2) is 4.63. The molecule has 0 spiro atoms. The van der Waals surface area contributed by atoms with E-state index in [4.69, 9.17) is 0 Å². The molecule has 1 aliphatic rings. The van der Waals surface area contributed by atoms with Crippen molar-refractivity contribution >= 4 is 11.9 Å². The number of anilines is 1. The molecule has 8 heteroatoms. The van der Waals surface area contributed by atoms with Gasteiger partial charge < -0.3 is 0 Å². The molecule has 2 N–H and O–H groups in total. The van der Waals surface area contributed by atoms with Crippen LogP contribution in [0.1, 0.15) is 24.5 Å². The molecule has 3 rings (SSSR count). The van der Waals surface area contributed by atoms with Crippen molar-refractivity contribution in [3.8, 4) is 0 Å². The lowest BCUT2D eigenvalue weighted by Crippen LogP contribution is -2.30. The minimum atomic E-state index is -0.376. The Morgan fingerprint density at radius 2 is 2.32 bits per heavy atom. The van der Waals surface area contributed by atoms with Gasteiger partial charge in [0.2, 0.25) is 11.9 Å². The zero-order chi connectivity index (χ0) is 13.2. The number of nitrogens with one attached hydrogen (secondary N) is 2. The summed E-state index contributed by atoms with van der Waals surface area (Å²) in [7, 11) is 0. The number of hydrogen-bond donors (Lipinski definition) is 2. The van der Waals surface area contributed by atoms with Crippen molar-refractivity contribution in [3.63, 3.8) is 0 Å². The van der Waals surface area contributed by atoms with Crippen LogP contribution >= 0.6 is 0 Å². The van der Waals surface area contributed by atoms with E-state index in [9.17, 15) is 9.59 Å². The van der Waals surface area contributed by atoms with E-state index >= 15 is 0 Å². The summed E-state index contributed by atoms with van der Waals surface area (Å²) in [4.78, 5) is 27.1. The third kappa shape index (κ3) is 2.67. The van der Waals surface area contributed by atoms with Crippen molar-refractivity contribution in [2.45, 2.75) is 25.3 Å². The molecule has 0 aliphatic heterocycles. The maximum atomic E-state index is 11.7. The third-order valence-corrected chi connectivity index (χ3v) is 2.85. The molecule has 0 atom stereocenters. The molecule has 0 saturated heterocycles. The van der Waals surface area contributed by atoms with Gasteiger partial charge in [-0.3, -0.25) is 14.9 Å². The average Bonchev–Trinajstić information content (AvgIpc) is 3.11. The van der Waals surface area contributed by atoms with Gasteiger partial charge in [0.15, 0.2) is 0 Å². The van der Waals surface area contributed by atoms with Gasteiger partial charge in [-0.25, -0.2) is 9.78 Å². The standard InChI is InChI=1S/C11H12N6O2/c18-9(14-11-12-6-13-15-11)5-17-10(19)4-3-8(16-17)7-1-2-7/h3-4,6-7H,1-2,5H2,(H2,12,13,14,15,18). The van der Waals surface area contributed by atoms with Gasteiger partial charge in [0.25, 0.3) is 5.56 Å². The highest BCUT2D eigenvalue weighted by Gasteiger charge is 2.25. The predicted molar refractivity (Wildman–Crippen MR) is 65.5 cm³/mol. The molecule has 19 heavy (non-hydrogen) atoms. The highest BCUT2D eigenvalue weighted by atomic mass is 16.2. The summed E-state index contributed by atoms with van der Waals surface area (Å²) in [6.45, 7) is -0.139. The smallest absolute Gasteiger partial charge is 0.267 e. The first-order valence-corrected chi connectivity index (χ1v) is 5.95. The Hall–Kier alpha value is -2.51. The third-order valence-electron chi connectivity index (χ3n) is 2.85. The van der Waals surface area contributed by atoms with E-state index in [1.807, 2.05) is 0 Å². The van der Waals surface area contributed by atoms with Gasteiger partial charge in [-0.1, -0.05) is 0 Å². The van der Waals surface area contributed by atoms with Crippen LogP contribution in [-0.2, 0) is 11.3 Å². The van der Waals surface area contributed by atoms with Gasteiger partial charge >= 0.3 is 0 Å². The van der Waals surface area contributed by atoms with Gasteiger partial charge in [-0.15, -0.1) is 0 Å². The van der Waals surface area contributed by atoms with Crippen molar-refractivity contribution in [1.29, 1.82) is 0 Å². The first kappa shape index (κ1) is 11.6. The number of aromatic amines is 1. The Morgan fingerprint density at radius 1 is 1.47 bits per heavy atom. The number of hydrogen-bond acceptors (Lipinski definition) is 5. The molecule has 1 amide bonds. The minimum Gasteiger partial charge on any atom is -0.293 e. The van der Waals surface area contributed by atoms with Crippen molar-refractivity contribution in [1.82, 2.24) is 25.0 Å². The van der Waals surface area contributed by atoms with Crippen LogP contribution in [0.5, 0.6) is 0 Å². The number of rotatable bonds is 4. The summed E-state index contributed by atoms with van der Waals surface area (Å²) in [5.41, 5.74) is 0.573. The van der Waals surface area contributed by atoms with Crippen molar-refractivity contribution in [2.75, 3.05) is 5.32 Å². The Balaban J connectivity index is 1.73. The number of amides is 1. The zero-order valence-corrected chi connectivity index (χ0v) is 10.0. The number of nitrogens with zero attached hydrogens (tertiary/aromatic N) is 4. The zero-order valence-electron chi connectivity index (χ0n) is 10.0. The Bertz CT molecular complexity index is 643. The molecule has 2 aromatic rings. The van der Waals surface area contributed by atoms with Crippen LogP contribution in [0.2, 0.25) is 0 Å². The highest BCUT2D eigenvalue weighted by Crippen LogP contribution is 2.38. The average molecular weight is 260 g/mol. The SMILES string of the molecule is O=C(Cn1nc(C2CC2)ccc1=O)Nc1ncn[nH]1. The van der Waals surface area contributed by atoms with Crippen LogP contribution in [0, 0.1) is 0 Å². The van der Waals surface area contributed by atoms with Crippen LogP contribution in [-0.4, -0.2) is 30.9 Å². The van der Waals surface area contributed by atoms with Gasteiger partial charge in [-0.2, -0.15) is 15.2 Å². The van der Waals surface area contributed by atoms with Crippen molar-refractivity contribution < 1.29 is 4.79 Å². The quantitative estimate of drug-likeness (QED) is 0.797. The molecule has 0 radical (unpaired) electrons. The number of H-pyrrole nitrogens is 1.